The highest BCUT2D eigenvalue weighted by Crippen LogP contribution is 2.25. The molecule has 0 bridgehead atoms. The average Bonchev–Trinajstić information content (AvgIpc) is 2.13. The second kappa shape index (κ2) is 4.95. The first-order chi connectivity index (χ1) is 7.19. The van der Waals surface area contributed by atoms with Crippen LogP contribution in [0.25, 0.3) is 0 Å². The summed E-state index contributed by atoms with van der Waals surface area (Å²) in [5, 5.41) is 8.92. The fraction of sp³-hybridized carbons (Fsp3) is 0.455. The zero-order valence-electron chi connectivity index (χ0n) is 8.29. The predicted octanol–water partition coefficient (Wildman–Crippen LogP) is 2.64. The first-order valence-electron chi connectivity index (χ1n) is 4.96. The van der Waals surface area contributed by atoms with Gasteiger partial charge in [0.1, 0.15) is 0 Å². The van der Waals surface area contributed by atoms with Gasteiger partial charge in [0.15, 0.2) is 0 Å². The van der Waals surface area contributed by atoms with Gasteiger partial charge in [-0.05, 0) is 17.7 Å². The van der Waals surface area contributed by atoms with Crippen LogP contribution in [0.1, 0.15) is 5.56 Å². The lowest BCUT2D eigenvalue weighted by atomic mass is 10.0. The van der Waals surface area contributed by atoms with Gasteiger partial charge in [0, 0.05) is 41.1 Å². The molecule has 15 heavy (non-hydrogen) atoms. The third-order valence-corrected chi connectivity index (χ3v) is 3.93. The molecule has 1 saturated heterocycles. The fourth-order valence-corrected chi connectivity index (χ4v) is 2.98. The zero-order valence-corrected chi connectivity index (χ0v) is 11.5. The van der Waals surface area contributed by atoms with Crippen LogP contribution in [0.3, 0.4) is 0 Å². The average molecular weight is 335 g/mol. The van der Waals surface area contributed by atoms with Gasteiger partial charge in [0.25, 0.3) is 0 Å². The molecule has 4 heteroatoms. The van der Waals surface area contributed by atoms with Crippen LogP contribution in [0.15, 0.2) is 27.1 Å². The fourth-order valence-electron chi connectivity index (χ4n) is 1.81. The van der Waals surface area contributed by atoms with Crippen LogP contribution in [-0.2, 0) is 6.54 Å². The molecule has 0 aliphatic carbocycles. The van der Waals surface area contributed by atoms with E-state index in [-0.39, 0.29) is 0 Å². The van der Waals surface area contributed by atoms with Gasteiger partial charge in [0.2, 0.25) is 0 Å². The number of likely N-dealkylation sites (tertiary alicyclic amines) is 1. The van der Waals surface area contributed by atoms with E-state index in [1.807, 2.05) is 0 Å². The maximum Gasteiger partial charge on any atom is 0.0483 e. The third-order valence-electron chi connectivity index (χ3n) is 2.70. The van der Waals surface area contributed by atoms with Gasteiger partial charge in [-0.3, -0.25) is 4.90 Å². The van der Waals surface area contributed by atoms with Gasteiger partial charge < -0.3 is 5.11 Å². The first kappa shape index (κ1) is 11.6. The number of rotatable bonds is 3. The van der Waals surface area contributed by atoms with Crippen LogP contribution in [0.4, 0.5) is 0 Å². The highest BCUT2D eigenvalue weighted by molar-refractivity contribution is 9.11. The van der Waals surface area contributed by atoms with Gasteiger partial charge in [-0.1, -0.05) is 37.9 Å². The minimum absolute atomic E-state index is 0.317. The number of aliphatic hydroxyl groups is 1. The Morgan fingerprint density at radius 1 is 1.33 bits per heavy atom. The molecular weight excluding hydrogens is 322 g/mol. The number of hydrogen-bond donors (Lipinski definition) is 1. The summed E-state index contributed by atoms with van der Waals surface area (Å²) in [6, 6.07) is 6.25. The van der Waals surface area contributed by atoms with Crippen LogP contribution in [-0.4, -0.2) is 29.7 Å². The van der Waals surface area contributed by atoms with Crippen molar-refractivity contribution in [2.24, 2.45) is 5.92 Å². The molecule has 1 aromatic carbocycles. The Morgan fingerprint density at radius 3 is 2.67 bits per heavy atom. The van der Waals surface area contributed by atoms with Gasteiger partial charge >= 0.3 is 0 Å². The van der Waals surface area contributed by atoms with Crippen molar-refractivity contribution in [3.63, 3.8) is 0 Å². The lowest BCUT2D eigenvalue weighted by Crippen LogP contribution is -2.47. The molecule has 0 radical (unpaired) electrons. The number of nitrogens with zero attached hydrogens (tertiary/aromatic N) is 1. The zero-order chi connectivity index (χ0) is 10.8. The summed E-state index contributed by atoms with van der Waals surface area (Å²) >= 11 is 6.99. The largest absolute Gasteiger partial charge is 0.396 e. The lowest BCUT2D eigenvalue weighted by molar-refractivity contribution is 0.0478. The molecular formula is C11H13Br2NO. The van der Waals surface area contributed by atoms with Crippen LogP contribution >= 0.6 is 31.9 Å². The highest BCUT2D eigenvalue weighted by Gasteiger charge is 2.25. The molecule has 2 rings (SSSR count). The minimum atomic E-state index is 0.317. The van der Waals surface area contributed by atoms with Crippen LogP contribution in [0, 0.1) is 5.92 Å². The van der Waals surface area contributed by atoms with E-state index < -0.39 is 0 Å². The van der Waals surface area contributed by atoms with Crippen molar-refractivity contribution in [2.45, 2.75) is 6.54 Å². The molecule has 1 heterocycles. The minimum Gasteiger partial charge on any atom is -0.396 e. The first-order valence-corrected chi connectivity index (χ1v) is 6.55. The van der Waals surface area contributed by atoms with Crippen molar-refractivity contribution in [1.82, 2.24) is 4.90 Å². The van der Waals surface area contributed by atoms with Gasteiger partial charge in [-0.25, -0.2) is 0 Å². The molecule has 0 unspecified atom stereocenters. The summed E-state index contributed by atoms with van der Waals surface area (Å²) in [5.74, 6) is 0.485. The smallest absolute Gasteiger partial charge is 0.0483 e. The molecule has 0 spiro atoms. The van der Waals surface area contributed by atoms with Gasteiger partial charge in [0.05, 0.1) is 0 Å². The summed E-state index contributed by atoms with van der Waals surface area (Å²) in [6.07, 6.45) is 0. The van der Waals surface area contributed by atoms with Crippen molar-refractivity contribution in [3.05, 3.63) is 32.7 Å². The Balaban J connectivity index is 1.94. The van der Waals surface area contributed by atoms with E-state index in [2.05, 4.69) is 55.0 Å². The molecule has 1 aliphatic rings. The summed E-state index contributed by atoms with van der Waals surface area (Å²) in [6.45, 7) is 3.31. The van der Waals surface area contributed by atoms with Crippen molar-refractivity contribution < 1.29 is 5.11 Å². The molecule has 2 nitrogen and oxygen atoms in total. The summed E-state index contributed by atoms with van der Waals surface area (Å²) in [4.78, 5) is 2.34. The van der Waals surface area contributed by atoms with E-state index in [0.29, 0.717) is 12.5 Å². The molecule has 0 saturated carbocycles. The second-order valence-electron chi connectivity index (χ2n) is 3.98. The number of benzene rings is 1. The van der Waals surface area contributed by atoms with Gasteiger partial charge in [-0.2, -0.15) is 0 Å². The Hall–Kier alpha value is 0.1000. The monoisotopic (exact) mass is 333 g/mol. The molecule has 0 amide bonds. The SMILES string of the molecule is OCC1CN(Cc2ccc(Br)cc2Br)C1. The van der Waals surface area contributed by atoms with E-state index in [1.165, 1.54) is 5.56 Å². The maximum absolute atomic E-state index is 8.92. The van der Waals surface area contributed by atoms with E-state index in [1.54, 1.807) is 0 Å². The highest BCUT2D eigenvalue weighted by atomic mass is 79.9. The van der Waals surface area contributed by atoms with Crippen LogP contribution in [0.5, 0.6) is 0 Å². The molecule has 1 fully saturated rings. The molecule has 1 aromatic rings. The van der Waals surface area contributed by atoms with E-state index in [9.17, 15) is 0 Å². The standard InChI is InChI=1S/C11H13Br2NO/c12-10-2-1-9(11(13)3-10)6-14-4-8(5-14)7-15/h1-3,8,15H,4-7H2. The molecule has 1 aliphatic heterocycles. The normalized spacial score (nSPS) is 17.8. The Bertz CT molecular complexity index is 350. The molecule has 0 atom stereocenters. The maximum atomic E-state index is 8.92. The summed E-state index contributed by atoms with van der Waals surface area (Å²) < 4.78 is 2.24. The van der Waals surface area contributed by atoms with Gasteiger partial charge in [-0.15, -0.1) is 0 Å². The predicted molar refractivity (Wildman–Crippen MR) is 67.7 cm³/mol. The molecule has 1 N–H and O–H groups in total. The number of halogens is 2. The van der Waals surface area contributed by atoms with E-state index in [0.717, 1.165) is 28.6 Å². The Morgan fingerprint density at radius 2 is 2.07 bits per heavy atom. The van der Waals surface area contributed by atoms with Crippen molar-refractivity contribution in [2.75, 3.05) is 19.7 Å². The molecule has 82 valence electrons. The second-order valence-corrected chi connectivity index (χ2v) is 5.75. The number of aliphatic hydroxyl groups excluding tert-OH is 1. The third kappa shape index (κ3) is 2.81. The quantitative estimate of drug-likeness (QED) is 0.918. The van der Waals surface area contributed by atoms with Crippen molar-refractivity contribution in [1.29, 1.82) is 0 Å². The summed E-state index contributed by atoms with van der Waals surface area (Å²) in [5.41, 5.74) is 1.30. The van der Waals surface area contributed by atoms with E-state index in [4.69, 9.17) is 5.11 Å². The van der Waals surface area contributed by atoms with Crippen LogP contribution in [0.2, 0.25) is 0 Å². The lowest BCUT2D eigenvalue weighted by Gasteiger charge is -2.38. The van der Waals surface area contributed by atoms with Crippen LogP contribution < -0.4 is 0 Å². The summed E-state index contributed by atoms with van der Waals surface area (Å²) in [7, 11) is 0. The number of hydrogen-bond acceptors (Lipinski definition) is 2. The Labute approximate surface area is 107 Å². The van der Waals surface area contributed by atoms with E-state index >= 15 is 0 Å². The van der Waals surface area contributed by atoms with Crippen molar-refractivity contribution in [3.8, 4) is 0 Å². The topological polar surface area (TPSA) is 23.5 Å². The van der Waals surface area contributed by atoms with Crippen molar-refractivity contribution >= 4 is 31.9 Å². The Kier molecular flexibility index (Phi) is 3.83. The molecule has 0 aromatic heterocycles.